The van der Waals surface area contributed by atoms with Gasteiger partial charge in [-0.05, 0) is 37.4 Å². The quantitative estimate of drug-likeness (QED) is 0.758. The second-order valence-corrected chi connectivity index (χ2v) is 7.43. The van der Waals surface area contributed by atoms with Crippen LogP contribution in [0.5, 0.6) is 5.75 Å². The van der Waals surface area contributed by atoms with Crippen LogP contribution in [-0.2, 0) is 10.0 Å². The fourth-order valence-corrected chi connectivity index (χ4v) is 3.76. The topological polar surface area (TPSA) is 72.6 Å². The van der Waals surface area contributed by atoms with Crippen molar-refractivity contribution in [3.63, 3.8) is 0 Å². The Morgan fingerprint density at radius 2 is 2.05 bits per heavy atom. The van der Waals surface area contributed by atoms with E-state index in [4.69, 9.17) is 10.5 Å². The molecule has 0 fully saturated rings. The van der Waals surface area contributed by atoms with Gasteiger partial charge in [0.1, 0.15) is 5.75 Å². The molecule has 0 amide bonds. The van der Waals surface area contributed by atoms with Gasteiger partial charge < -0.3 is 10.5 Å². The molecule has 0 aliphatic heterocycles. The average molecular weight is 314 g/mol. The number of methoxy groups -OCH3 is 1. The molecule has 120 valence electrons. The molecule has 0 unspecified atom stereocenters. The number of hydrogen-bond donors (Lipinski definition) is 1. The summed E-state index contributed by atoms with van der Waals surface area (Å²) in [6.07, 6.45) is 1.27. The van der Waals surface area contributed by atoms with Crippen molar-refractivity contribution < 1.29 is 13.2 Å². The van der Waals surface area contributed by atoms with Gasteiger partial charge in [0.15, 0.2) is 0 Å². The fourth-order valence-electron chi connectivity index (χ4n) is 1.92. The fraction of sp³-hybridized carbons (Fsp3) is 0.600. The second-order valence-electron chi connectivity index (χ2n) is 5.41. The third-order valence-electron chi connectivity index (χ3n) is 3.20. The van der Waals surface area contributed by atoms with Gasteiger partial charge in [0.25, 0.3) is 0 Å². The molecule has 0 aromatic heterocycles. The van der Waals surface area contributed by atoms with Crippen LogP contribution in [0.1, 0.15) is 26.7 Å². The van der Waals surface area contributed by atoms with Gasteiger partial charge in [-0.15, -0.1) is 0 Å². The lowest BCUT2D eigenvalue weighted by Crippen LogP contribution is -2.35. The highest BCUT2D eigenvalue weighted by Gasteiger charge is 2.22. The number of benzene rings is 1. The van der Waals surface area contributed by atoms with E-state index in [0.29, 0.717) is 43.3 Å². The Hall–Kier alpha value is -1.27. The first-order chi connectivity index (χ1) is 9.90. The van der Waals surface area contributed by atoms with Gasteiger partial charge in [-0.2, -0.15) is 0 Å². The van der Waals surface area contributed by atoms with E-state index in [1.54, 1.807) is 31.4 Å². The Morgan fingerprint density at radius 1 is 1.33 bits per heavy atom. The molecular formula is C15H26N2O3S. The first-order valence-corrected chi connectivity index (χ1v) is 8.86. The maximum Gasteiger partial charge on any atom is 0.235 e. The summed E-state index contributed by atoms with van der Waals surface area (Å²) in [4.78, 5) is 0. The summed E-state index contributed by atoms with van der Waals surface area (Å²) >= 11 is 0. The van der Waals surface area contributed by atoms with Gasteiger partial charge >= 0.3 is 0 Å². The highest BCUT2D eigenvalue weighted by molar-refractivity contribution is 7.92. The summed E-state index contributed by atoms with van der Waals surface area (Å²) < 4.78 is 31.8. The third-order valence-corrected chi connectivity index (χ3v) is 5.01. The summed E-state index contributed by atoms with van der Waals surface area (Å²) in [5.74, 6) is 1.14. The molecule has 1 rings (SSSR count). The van der Waals surface area contributed by atoms with Crippen LogP contribution in [0.15, 0.2) is 24.3 Å². The summed E-state index contributed by atoms with van der Waals surface area (Å²) in [5, 5.41) is 0. The Kier molecular flexibility index (Phi) is 6.98. The highest BCUT2D eigenvalue weighted by Crippen LogP contribution is 2.24. The van der Waals surface area contributed by atoms with Gasteiger partial charge in [0, 0.05) is 12.6 Å². The minimum atomic E-state index is -3.35. The van der Waals surface area contributed by atoms with Gasteiger partial charge in [0.2, 0.25) is 10.0 Å². The lowest BCUT2D eigenvalue weighted by Gasteiger charge is -2.25. The van der Waals surface area contributed by atoms with Crippen molar-refractivity contribution in [1.82, 2.24) is 0 Å². The van der Waals surface area contributed by atoms with Crippen LogP contribution in [0.3, 0.4) is 0 Å². The molecule has 0 aliphatic carbocycles. The van der Waals surface area contributed by atoms with E-state index in [-0.39, 0.29) is 5.75 Å². The molecule has 6 heteroatoms. The minimum Gasteiger partial charge on any atom is -0.497 e. The van der Waals surface area contributed by atoms with E-state index >= 15 is 0 Å². The zero-order chi connectivity index (χ0) is 15.9. The molecule has 0 bridgehead atoms. The number of sulfonamides is 1. The number of ether oxygens (including phenoxy) is 1. The van der Waals surface area contributed by atoms with E-state index in [1.165, 1.54) is 4.31 Å². The number of nitrogens with zero attached hydrogens (tertiary/aromatic N) is 1. The minimum absolute atomic E-state index is 0.145. The number of hydrogen-bond acceptors (Lipinski definition) is 4. The van der Waals surface area contributed by atoms with E-state index in [1.807, 2.05) is 13.8 Å². The molecule has 0 spiro atoms. The lowest BCUT2D eigenvalue weighted by molar-refractivity contribution is 0.415. The van der Waals surface area contributed by atoms with Gasteiger partial charge in [-0.25, -0.2) is 8.42 Å². The monoisotopic (exact) mass is 314 g/mol. The molecule has 5 nitrogen and oxygen atoms in total. The first-order valence-electron chi connectivity index (χ1n) is 7.25. The van der Waals surface area contributed by atoms with Crippen molar-refractivity contribution in [2.75, 3.05) is 30.3 Å². The average Bonchev–Trinajstić information content (AvgIpc) is 2.46. The van der Waals surface area contributed by atoms with Crippen LogP contribution < -0.4 is 14.8 Å². The summed E-state index contributed by atoms with van der Waals surface area (Å²) in [7, 11) is -1.78. The molecule has 21 heavy (non-hydrogen) atoms. The smallest absolute Gasteiger partial charge is 0.235 e. The van der Waals surface area contributed by atoms with Gasteiger partial charge in [-0.1, -0.05) is 19.9 Å². The normalized spacial score (nSPS) is 11.7. The van der Waals surface area contributed by atoms with Crippen LogP contribution >= 0.6 is 0 Å². The standard InChI is InChI=1S/C15H26N2O3S/c1-13(2)8-11-21(18,19)17(10-5-9-16)14-6-4-7-15(12-14)20-3/h4,6-7,12-13H,5,8-11,16H2,1-3H3. The molecule has 0 atom stereocenters. The Balaban J connectivity index is 3.03. The lowest BCUT2D eigenvalue weighted by atomic mass is 10.2. The van der Waals surface area contributed by atoms with E-state index in [0.717, 1.165) is 0 Å². The SMILES string of the molecule is COc1cccc(N(CCCN)S(=O)(=O)CCC(C)C)c1. The van der Waals surface area contributed by atoms with Crippen LogP contribution in [0.25, 0.3) is 0 Å². The maximum absolute atomic E-state index is 12.6. The van der Waals surface area contributed by atoms with Crippen LogP contribution in [0.2, 0.25) is 0 Å². The molecule has 0 heterocycles. The van der Waals surface area contributed by atoms with E-state index in [2.05, 4.69) is 0 Å². The molecule has 0 saturated heterocycles. The van der Waals surface area contributed by atoms with Gasteiger partial charge in [-0.3, -0.25) is 4.31 Å². The molecule has 0 saturated carbocycles. The largest absolute Gasteiger partial charge is 0.497 e. The zero-order valence-electron chi connectivity index (χ0n) is 13.1. The molecule has 0 aliphatic rings. The Bertz CT molecular complexity index is 529. The van der Waals surface area contributed by atoms with Crippen LogP contribution in [-0.4, -0.2) is 34.4 Å². The third kappa shape index (κ3) is 5.55. The predicted octanol–water partition coefficient (Wildman–Crippen LogP) is 2.23. The molecule has 1 aromatic carbocycles. The second kappa shape index (κ2) is 8.24. The predicted molar refractivity (Wildman–Crippen MR) is 87.3 cm³/mol. The Labute approximate surface area is 128 Å². The van der Waals surface area contributed by atoms with Crippen LogP contribution in [0, 0.1) is 5.92 Å². The summed E-state index contributed by atoms with van der Waals surface area (Å²) in [5.41, 5.74) is 6.16. The van der Waals surface area contributed by atoms with Crippen molar-refractivity contribution in [2.24, 2.45) is 11.7 Å². The van der Waals surface area contributed by atoms with Crippen molar-refractivity contribution in [3.8, 4) is 5.75 Å². The van der Waals surface area contributed by atoms with E-state index < -0.39 is 10.0 Å². The zero-order valence-corrected chi connectivity index (χ0v) is 13.9. The highest BCUT2D eigenvalue weighted by atomic mass is 32.2. The van der Waals surface area contributed by atoms with Crippen molar-refractivity contribution in [3.05, 3.63) is 24.3 Å². The number of rotatable bonds is 9. The maximum atomic E-state index is 12.6. The van der Waals surface area contributed by atoms with Crippen molar-refractivity contribution in [2.45, 2.75) is 26.7 Å². The molecule has 0 radical (unpaired) electrons. The summed E-state index contributed by atoms with van der Waals surface area (Å²) in [6.45, 7) is 4.89. The Morgan fingerprint density at radius 3 is 2.62 bits per heavy atom. The van der Waals surface area contributed by atoms with Crippen molar-refractivity contribution >= 4 is 15.7 Å². The van der Waals surface area contributed by atoms with Crippen molar-refractivity contribution in [1.29, 1.82) is 0 Å². The van der Waals surface area contributed by atoms with Gasteiger partial charge in [0.05, 0.1) is 18.6 Å². The number of nitrogens with two attached hydrogens (primary N) is 1. The van der Waals surface area contributed by atoms with E-state index in [9.17, 15) is 8.42 Å². The molecular weight excluding hydrogens is 288 g/mol. The van der Waals surface area contributed by atoms with Crippen LogP contribution in [0.4, 0.5) is 5.69 Å². The summed E-state index contributed by atoms with van der Waals surface area (Å²) in [6, 6.07) is 7.11. The first kappa shape index (κ1) is 17.8. The molecule has 1 aromatic rings. The number of anilines is 1. The molecule has 2 N–H and O–H groups in total.